The van der Waals surface area contributed by atoms with Crippen molar-refractivity contribution in [2.45, 2.75) is 36.4 Å². The fourth-order valence-electron chi connectivity index (χ4n) is 2.03. The maximum atomic E-state index is 12.5. The van der Waals surface area contributed by atoms with E-state index in [4.69, 9.17) is 0 Å². The molecule has 1 N–H and O–H groups in total. The second-order valence-electron chi connectivity index (χ2n) is 4.48. The van der Waals surface area contributed by atoms with Gasteiger partial charge in [-0.2, -0.15) is 13.2 Å². The van der Waals surface area contributed by atoms with Crippen molar-refractivity contribution in [3.05, 3.63) is 29.8 Å². The van der Waals surface area contributed by atoms with Gasteiger partial charge in [-0.05, 0) is 37.6 Å². The van der Waals surface area contributed by atoms with Crippen LogP contribution in [-0.4, -0.2) is 18.3 Å². The van der Waals surface area contributed by atoms with Crippen LogP contribution in [0.2, 0.25) is 0 Å². The van der Waals surface area contributed by atoms with Gasteiger partial charge in [0, 0.05) is 16.7 Å². The van der Waals surface area contributed by atoms with E-state index in [1.807, 2.05) is 0 Å². The predicted molar refractivity (Wildman–Crippen MR) is 67.8 cm³/mol. The first-order chi connectivity index (χ1) is 8.55. The van der Waals surface area contributed by atoms with Gasteiger partial charge in [-0.1, -0.05) is 12.5 Å². The predicted octanol–water partition coefficient (Wildman–Crippen LogP) is 3.94. The number of thioether (sulfide) groups is 1. The number of halogens is 3. The van der Waals surface area contributed by atoms with Gasteiger partial charge in [-0.15, -0.1) is 11.8 Å². The first kappa shape index (κ1) is 13.7. The smallest absolute Gasteiger partial charge is 0.313 e. The van der Waals surface area contributed by atoms with E-state index in [-0.39, 0.29) is 0 Å². The minimum atomic E-state index is -4.25. The summed E-state index contributed by atoms with van der Waals surface area (Å²) in [5.41, 5.74) is -0.566. The lowest BCUT2D eigenvalue weighted by molar-refractivity contribution is -0.137. The summed E-state index contributed by atoms with van der Waals surface area (Å²) in [6.45, 7) is 1.02. The zero-order chi connectivity index (χ0) is 13.0. The van der Waals surface area contributed by atoms with E-state index in [0.717, 1.165) is 24.8 Å². The summed E-state index contributed by atoms with van der Waals surface area (Å²) in [5.74, 6) is 0.835. The summed E-state index contributed by atoms with van der Waals surface area (Å²) in [5, 5.41) is 3.39. The van der Waals surface area contributed by atoms with Crippen molar-refractivity contribution in [3.63, 3.8) is 0 Å². The van der Waals surface area contributed by atoms with Gasteiger partial charge in [0.05, 0.1) is 5.56 Å². The molecule has 1 aromatic rings. The van der Waals surface area contributed by atoms with Crippen molar-refractivity contribution < 1.29 is 13.2 Å². The number of benzene rings is 1. The second-order valence-corrected chi connectivity index (χ2v) is 5.58. The first-order valence-electron chi connectivity index (χ1n) is 6.09. The second kappa shape index (κ2) is 5.97. The molecule has 1 heterocycles. The van der Waals surface area contributed by atoms with Crippen LogP contribution in [0.3, 0.4) is 0 Å². The highest BCUT2D eigenvalue weighted by molar-refractivity contribution is 7.99. The number of nitrogens with one attached hydrogen (secondary N) is 1. The molecule has 1 nitrogen and oxygen atoms in total. The summed E-state index contributed by atoms with van der Waals surface area (Å²) in [7, 11) is 0. The van der Waals surface area contributed by atoms with Crippen LogP contribution < -0.4 is 5.32 Å². The molecule has 1 saturated heterocycles. The van der Waals surface area contributed by atoms with Crippen molar-refractivity contribution in [2.75, 3.05) is 12.3 Å². The molecule has 0 aliphatic carbocycles. The molecule has 0 radical (unpaired) electrons. The lowest BCUT2D eigenvalue weighted by Crippen LogP contribution is -2.35. The Morgan fingerprint density at radius 3 is 2.78 bits per heavy atom. The summed E-state index contributed by atoms with van der Waals surface area (Å²) in [6, 6.07) is 5.98. The van der Waals surface area contributed by atoms with Gasteiger partial charge in [0.15, 0.2) is 0 Å². The third-order valence-corrected chi connectivity index (χ3v) is 4.18. The number of piperidine rings is 1. The average molecular weight is 275 g/mol. The normalized spacial score (nSPS) is 20.9. The van der Waals surface area contributed by atoms with Crippen LogP contribution in [0, 0.1) is 0 Å². The molecule has 1 fully saturated rings. The Hall–Kier alpha value is -0.680. The third-order valence-electron chi connectivity index (χ3n) is 3.02. The zero-order valence-electron chi connectivity index (χ0n) is 9.96. The van der Waals surface area contributed by atoms with E-state index in [0.29, 0.717) is 10.9 Å². The zero-order valence-corrected chi connectivity index (χ0v) is 10.8. The summed E-state index contributed by atoms with van der Waals surface area (Å²) < 4.78 is 37.6. The molecule has 5 heteroatoms. The molecule has 0 saturated carbocycles. The summed E-state index contributed by atoms with van der Waals surface area (Å²) in [4.78, 5) is 0.692. The van der Waals surface area contributed by atoms with Crippen molar-refractivity contribution >= 4 is 11.8 Å². The largest absolute Gasteiger partial charge is 0.416 e. The van der Waals surface area contributed by atoms with Crippen LogP contribution in [0.5, 0.6) is 0 Å². The SMILES string of the molecule is FC(F)(F)c1cccc(SCC2CCCCN2)c1. The number of alkyl halides is 3. The Kier molecular flexibility index (Phi) is 4.56. The Labute approximate surface area is 109 Å². The molecule has 1 aromatic carbocycles. The monoisotopic (exact) mass is 275 g/mol. The number of rotatable bonds is 3. The van der Waals surface area contributed by atoms with Gasteiger partial charge in [-0.3, -0.25) is 0 Å². The molecule has 100 valence electrons. The highest BCUT2D eigenvalue weighted by Crippen LogP contribution is 2.32. The van der Waals surface area contributed by atoms with Gasteiger partial charge in [0.2, 0.25) is 0 Å². The van der Waals surface area contributed by atoms with Crippen LogP contribution in [0.4, 0.5) is 13.2 Å². The van der Waals surface area contributed by atoms with Crippen LogP contribution in [0.1, 0.15) is 24.8 Å². The van der Waals surface area contributed by atoms with Crippen LogP contribution in [0.15, 0.2) is 29.2 Å². The van der Waals surface area contributed by atoms with Crippen LogP contribution >= 0.6 is 11.8 Å². The molecule has 2 rings (SSSR count). The van der Waals surface area contributed by atoms with E-state index in [1.165, 1.54) is 36.7 Å². The first-order valence-corrected chi connectivity index (χ1v) is 7.08. The molecule has 1 aliphatic rings. The van der Waals surface area contributed by atoms with Crippen LogP contribution in [0.25, 0.3) is 0 Å². The van der Waals surface area contributed by atoms with E-state index >= 15 is 0 Å². The summed E-state index contributed by atoms with van der Waals surface area (Å²) in [6.07, 6.45) is -0.725. The molecular formula is C13H16F3NS. The number of hydrogen-bond donors (Lipinski definition) is 1. The highest BCUT2D eigenvalue weighted by atomic mass is 32.2. The Morgan fingerprint density at radius 2 is 2.11 bits per heavy atom. The Balaban J connectivity index is 1.92. The lowest BCUT2D eigenvalue weighted by atomic mass is 10.1. The van der Waals surface area contributed by atoms with Gasteiger partial charge in [-0.25, -0.2) is 0 Å². The van der Waals surface area contributed by atoms with Gasteiger partial charge >= 0.3 is 6.18 Å². The van der Waals surface area contributed by atoms with E-state index < -0.39 is 11.7 Å². The van der Waals surface area contributed by atoms with Crippen molar-refractivity contribution in [3.8, 4) is 0 Å². The maximum absolute atomic E-state index is 12.5. The van der Waals surface area contributed by atoms with Crippen LogP contribution in [-0.2, 0) is 6.18 Å². The molecule has 18 heavy (non-hydrogen) atoms. The molecule has 1 unspecified atom stereocenters. The fraction of sp³-hybridized carbons (Fsp3) is 0.538. The Morgan fingerprint density at radius 1 is 1.28 bits per heavy atom. The minimum Gasteiger partial charge on any atom is -0.313 e. The van der Waals surface area contributed by atoms with Gasteiger partial charge in [0.1, 0.15) is 0 Å². The minimum absolute atomic E-state index is 0.429. The standard InChI is InChI=1S/C13H16F3NS/c14-13(15,16)10-4-3-6-12(8-10)18-9-11-5-1-2-7-17-11/h3-4,6,8,11,17H,1-2,5,7,9H2. The topological polar surface area (TPSA) is 12.0 Å². The summed E-state index contributed by atoms with van der Waals surface area (Å²) >= 11 is 1.49. The lowest BCUT2D eigenvalue weighted by Gasteiger charge is -2.23. The molecule has 1 aliphatic heterocycles. The van der Waals surface area contributed by atoms with E-state index in [9.17, 15) is 13.2 Å². The number of hydrogen-bond acceptors (Lipinski definition) is 2. The fourth-order valence-corrected chi connectivity index (χ4v) is 3.09. The Bertz CT molecular complexity index is 386. The van der Waals surface area contributed by atoms with E-state index in [2.05, 4.69) is 5.32 Å². The van der Waals surface area contributed by atoms with Crippen molar-refractivity contribution in [2.24, 2.45) is 0 Å². The molecule has 0 aromatic heterocycles. The van der Waals surface area contributed by atoms with Gasteiger partial charge in [0.25, 0.3) is 0 Å². The van der Waals surface area contributed by atoms with E-state index in [1.54, 1.807) is 6.07 Å². The third kappa shape index (κ3) is 3.92. The molecule has 1 atom stereocenters. The average Bonchev–Trinajstić information content (AvgIpc) is 2.37. The van der Waals surface area contributed by atoms with Crippen molar-refractivity contribution in [1.82, 2.24) is 5.32 Å². The maximum Gasteiger partial charge on any atom is 0.416 e. The highest BCUT2D eigenvalue weighted by Gasteiger charge is 2.30. The molecule has 0 spiro atoms. The van der Waals surface area contributed by atoms with Gasteiger partial charge < -0.3 is 5.32 Å². The molecular weight excluding hydrogens is 259 g/mol. The molecule has 0 amide bonds. The molecule has 0 bridgehead atoms. The van der Waals surface area contributed by atoms with Crippen molar-refractivity contribution in [1.29, 1.82) is 0 Å². The quantitative estimate of drug-likeness (QED) is 0.839.